The minimum absolute atomic E-state index is 0.159. The zero-order valence-electron chi connectivity index (χ0n) is 12.7. The van der Waals surface area contributed by atoms with E-state index in [9.17, 15) is 9.59 Å². The highest BCUT2D eigenvalue weighted by Gasteiger charge is 2.52. The second kappa shape index (κ2) is 14.8. The fraction of sp³-hybridized carbons (Fsp3) is 0.714. The van der Waals surface area contributed by atoms with Gasteiger partial charge in [-0.1, -0.05) is 31.9 Å². The van der Waals surface area contributed by atoms with E-state index in [0.717, 1.165) is 10.7 Å². The van der Waals surface area contributed by atoms with E-state index >= 15 is 0 Å². The van der Waals surface area contributed by atoms with Gasteiger partial charge in [0.05, 0.1) is 19.3 Å². The predicted molar refractivity (Wildman–Crippen MR) is 89.6 cm³/mol. The zero-order chi connectivity index (χ0) is 17.4. The van der Waals surface area contributed by atoms with Crippen LogP contribution in [-0.4, -0.2) is 42.4 Å². The summed E-state index contributed by atoms with van der Waals surface area (Å²) in [5.74, 6) is -0.792. The van der Waals surface area contributed by atoms with E-state index in [-0.39, 0.29) is 12.5 Å². The average molecular weight is 440 g/mol. The molecule has 0 aliphatic heterocycles. The number of alkyl halides is 2. The van der Waals surface area contributed by atoms with Crippen LogP contribution in [0.1, 0.15) is 26.7 Å². The minimum Gasteiger partial charge on any atom is -0.465 e. The Morgan fingerprint density at radius 3 is 2.00 bits per heavy atom. The lowest BCUT2D eigenvalue weighted by Gasteiger charge is -2.02. The highest BCUT2D eigenvalue weighted by molar-refractivity contribution is 9.11. The number of carbonyl (C=O) groups excluding carboxylic acids is 2. The third-order valence-electron chi connectivity index (χ3n) is 2.22. The third kappa shape index (κ3) is 11.5. The van der Waals surface area contributed by atoms with Gasteiger partial charge in [-0.15, -0.1) is 0 Å². The summed E-state index contributed by atoms with van der Waals surface area (Å²) in [6.45, 7) is 10.2. The number of carbonyl (C=O) groups is 2. The first-order valence-electron chi connectivity index (χ1n) is 6.67. The Kier molecular flexibility index (Phi) is 15.6. The molecule has 1 saturated carbocycles. The Bertz CT molecular complexity index is 410. The van der Waals surface area contributed by atoms with Crippen LogP contribution in [0.2, 0.25) is 0 Å². The van der Waals surface area contributed by atoms with Gasteiger partial charge in [-0.05, 0) is 26.7 Å². The second-order valence-corrected chi connectivity index (χ2v) is 5.50. The Hall–Kier alpha value is -1.12. The number of hydrogen-bond donors (Lipinski definition) is 0. The number of rotatable bonds is 5. The van der Waals surface area contributed by atoms with E-state index in [2.05, 4.69) is 41.4 Å². The van der Waals surface area contributed by atoms with Gasteiger partial charge in [-0.2, -0.15) is 5.26 Å². The van der Waals surface area contributed by atoms with Gasteiger partial charge in [0, 0.05) is 10.7 Å². The van der Waals surface area contributed by atoms with Crippen molar-refractivity contribution in [2.45, 2.75) is 26.7 Å². The average Bonchev–Trinajstić information content (AvgIpc) is 3.30. The summed E-state index contributed by atoms with van der Waals surface area (Å²) in [6, 6.07) is 1.96. The molecule has 0 unspecified atom stereocenters. The first-order chi connectivity index (χ1) is 10.5. The smallest absolute Gasteiger partial charge is 0.387 e. The van der Waals surface area contributed by atoms with Gasteiger partial charge in [0.15, 0.2) is 5.41 Å². The molecule has 0 saturated heterocycles. The normalized spacial score (nSPS) is 12.8. The molecule has 0 bridgehead atoms. The number of nitrogens with zero attached hydrogens (tertiary/aromatic N) is 2. The number of halogens is 2. The van der Waals surface area contributed by atoms with Crippen molar-refractivity contribution in [2.75, 3.05) is 30.4 Å². The van der Waals surface area contributed by atoms with Crippen molar-refractivity contribution < 1.29 is 19.1 Å². The lowest BCUT2D eigenvalue weighted by atomic mass is 10.1. The molecule has 0 atom stereocenters. The predicted octanol–water partition coefficient (Wildman–Crippen LogP) is 3.10. The molecule has 0 spiro atoms. The second-order valence-electron chi connectivity index (χ2n) is 3.91. The molecule has 0 aromatic rings. The molecule has 1 fully saturated rings. The maximum atomic E-state index is 10.9. The number of esters is 2. The lowest BCUT2D eigenvalue weighted by molar-refractivity contribution is -0.147. The number of nitriles is 1. The van der Waals surface area contributed by atoms with Crippen LogP contribution in [0.5, 0.6) is 0 Å². The molecule has 0 heterocycles. The van der Waals surface area contributed by atoms with E-state index in [1.807, 2.05) is 6.07 Å². The standard InChI is InChI=1S/C7H9NO2.C5H7NO2.C2H4Br2/c1-2-10-6(9)7(5-8)3-4-7;1-3-8-5(7)4-6-2;3-1-2-4/h2-4H2,1H3;3-4H2,1H3;1-2H2. The van der Waals surface area contributed by atoms with Crippen LogP contribution >= 0.6 is 31.9 Å². The van der Waals surface area contributed by atoms with E-state index in [0.29, 0.717) is 26.1 Å². The van der Waals surface area contributed by atoms with Crippen LogP contribution < -0.4 is 0 Å². The molecule has 1 rings (SSSR count). The molecular formula is C14H20Br2N2O4. The van der Waals surface area contributed by atoms with E-state index in [4.69, 9.17) is 16.6 Å². The van der Waals surface area contributed by atoms with Gasteiger partial charge in [0.25, 0.3) is 0 Å². The highest BCUT2D eigenvalue weighted by atomic mass is 79.9. The van der Waals surface area contributed by atoms with Crippen molar-refractivity contribution in [1.29, 1.82) is 5.26 Å². The fourth-order valence-corrected chi connectivity index (χ4v) is 1.03. The van der Waals surface area contributed by atoms with Crippen molar-refractivity contribution in [3.05, 3.63) is 11.4 Å². The van der Waals surface area contributed by atoms with Crippen LogP contribution in [-0.2, 0) is 19.1 Å². The molecular weight excluding hydrogens is 420 g/mol. The van der Waals surface area contributed by atoms with E-state index in [1.54, 1.807) is 13.8 Å². The van der Waals surface area contributed by atoms with E-state index < -0.39 is 11.4 Å². The largest absolute Gasteiger partial charge is 0.465 e. The SMILES string of the molecule is BrCCBr.CCOC(=O)C1(C#N)CC1.[C-]#[N+]CC(=O)OCC. The lowest BCUT2D eigenvalue weighted by Crippen LogP contribution is -2.16. The number of hydrogen-bond acceptors (Lipinski definition) is 5. The molecule has 1 aliphatic carbocycles. The van der Waals surface area contributed by atoms with Gasteiger partial charge >= 0.3 is 18.5 Å². The van der Waals surface area contributed by atoms with Crippen molar-refractivity contribution in [1.82, 2.24) is 0 Å². The summed E-state index contributed by atoms with van der Waals surface area (Å²) in [5.41, 5.74) is -0.754. The van der Waals surface area contributed by atoms with Crippen molar-refractivity contribution in [2.24, 2.45) is 5.41 Å². The molecule has 22 heavy (non-hydrogen) atoms. The molecule has 8 heteroatoms. The van der Waals surface area contributed by atoms with Gasteiger partial charge in [-0.3, -0.25) is 4.79 Å². The van der Waals surface area contributed by atoms with Gasteiger partial charge < -0.3 is 14.3 Å². The summed E-state index contributed by atoms with van der Waals surface area (Å²) in [7, 11) is 0. The summed E-state index contributed by atoms with van der Waals surface area (Å²) in [6.07, 6.45) is 1.34. The number of ether oxygens (including phenoxy) is 2. The summed E-state index contributed by atoms with van der Waals surface area (Å²) in [5, 5.41) is 10.6. The van der Waals surface area contributed by atoms with Crippen LogP contribution in [0, 0.1) is 23.3 Å². The fourth-order valence-electron chi connectivity index (χ4n) is 1.03. The molecule has 0 amide bonds. The molecule has 124 valence electrons. The molecule has 6 nitrogen and oxygen atoms in total. The van der Waals surface area contributed by atoms with Crippen molar-refractivity contribution in [3.8, 4) is 6.07 Å². The quantitative estimate of drug-likeness (QED) is 0.373. The molecule has 1 aliphatic rings. The van der Waals surface area contributed by atoms with Crippen LogP contribution in [0.4, 0.5) is 0 Å². The zero-order valence-corrected chi connectivity index (χ0v) is 15.9. The minimum atomic E-state index is -0.754. The first-order valence-corrected chi connectivity index (χ1v) is 8.91. The molecule has 0 aromatic carbocycles. The molecule has 0 radical (unpaired) electrons. The summed E-state index contributed by atoms with van der Waals surface area (Å²) < 4.78 is 9.13. The maximum Gasteiger partial charge on any atom is 0.387 e. The Morgan fingerprint density at radius 1 is 1.23 bits per heavy atom. The maximum absolute atomic E-state index is 10.9. The van der Waals surface area contributed by atoms with Crippen LogP contribution in [0.15, 0.2) is 0 Å². The molecule has 0 aromatic heterocycles. The van der Waals surface area contributed by atoms with Gasteiger partial charge in [0.1, 0.15) is 0 Å². The van der Waals surface area contributed by atoms with Crippen molar-refractivity contribution in [3.63, 3.8) is 0 Å². The monoisotopic (exact) mass is 438 g/mol. The Labute approximate surface area is 148 Å². The van der Waals surface area contributed by atoms with Crippen LogP contribution in [0.3, 0.4) is 0 Å². The topological polar surface area (TPSA) is 80.8 Å². The summed E-state index contributed by atoms with van der Waals surface area (Å²) in [4.78, 5) is 24.0. The Morgan fingerprint density at radius 2 is 1.73 bits per heavy atom. The van der Waals surface area contributed by atoms with Crippen LogP contribution in [0.25, 0.3) is 4.85 Å². The first kappa shape index (κ1) is 23.2. The summed E-state index contributed by atoms with van der Waals surface area (Å²) >= 11 is 6.40. The Balaban J connectivity index is 0. The van der Waals surface area contributed by atoms with Gasteiger partial charge in [-0.25, -0.2) is 11.4 Å². The highest BCUT2D eigenvalue weighted by Crippen LogP contribution is 2.45. The van der Waals surface area contributed by atoms with Gasteiger partial charge in [0.2, 0.25) is 0 Å². The van der Waals surface area contributed by atoms with E-state index in [1.165, 1.54) is 0 Å². The van der Waals surface area contributed by atoms with Crippen molar-refractivity contribution >= 4 is 43.8 Å². The third-order valence-corrected chi connectivity index (χ3v) is 4.07. The molecule has 0 N–H and O–H groups in total.